The molecular formula is C15H25N3S. The molecule has 1 aromatic rings. The van der Waals surface area contributed by atoms with Gasteiger partial charge < -0.3 is 10.6 Å². The van der Waals surface area contributed by atoms with Crippen molar-refractivity contribution in [3.8, 4) is 0 Å². The predicted molar refractivity (Wildman–Crippen MR) is 81.7 cm³/mol. The van der Waals surface area contributed by atoms with Crippen LogP contribution in [0.4, 0.5) is 5.13 Å². The van der Waals surface area contributed by atoms with Crippen molar-refractivity contribution < 1.29 is 0 Å². The number of nitrogens with two attached hydrogens (primary N) is 1. The Balaban J connectivity index is 1.89. The smallest absolute Gasteiger partial charge is 0.186 e. The van der Waals surface area contributed by atoms with Crippen LogP contribution in [0.5, 0.6) is 0 Å². The van der Waals surface area contributed by atoms with Crippen molar-refractivity contribution in [2.45, 2.75) is 58.5 Å². The van der Waals surface area contributed by atoms with Gasteiger partial charge in [0.2, 0.25) is 0 Å². The van der Waals surface area contributed by atoms with E-state index in [1.165, 1.54) is 35.0 Å². The number of aryl methyl sites for hydroxylation is 1. The van der Waals surface area contributed by atoms with Crippen LogP contribution in [0.1, 0.15) is 56.6 Å². The number of piperidine rings is 1. The fourth-order valence-corrected chi connectivity index (χ4v) is 4.80. The second kappa shape index (κ2) is 5.06. The van der Waals surface area contributed by atoms with E-state index >= 15 is 0 Å². The second-order valence-corrected chi connectivity index (χ2v) is 7.58. The molecule has 2 aliphatic rings. The van der Waals surface area contributed by atoms with Gasteiger partial charge in [-0.15, -0.1) is 11.3 Å². The van der Waals surface area contributed by atoms with Crippen molar-refractivity contribution >= 4 is 16.5 Å². The van der Waals surface area contributed by atoms with Crippen LogP contribution in [0.15, 0.2) is 0 Å². The Bertz CT molecular complexity index is 456. The highest BCUT2D eigenvalue weighted by Crippen LogP contribution is 2.39. The molecule has 1 aromatic heterocycles. The maximum atomic E-state index is 6.20. The van der Waals surface area contributed by atoms with E-state index < -0.39 is 0 Å². The molecule has 1 aliphatic heterocycles. The molecule has 2 heterocycles. The molecule has 4 unspecified atom stereocenters. The van der Waals surface area contributed by atoms with E-state index in [4.69, 9.17) is 10.7 Å². The lowest BCUT2D eigenvalue weighted by molar-refractivity contribution is 0.296. The van der Waals surface area contributed by atoms with Gasteiger partial charge in [0.15, 0.2) is 5.13 Å². The summed E-state index contributed by atoms with van der Waals surface area (Å²) in [6.07, 6.45) is 4.83. The van der Waals surface area contributed by atoms with Crippen LogP contribution >= 0.6 is 11.3 Å². The second-order valence-electron chi connectivity index (χ2n) is 6.51. The average Bonchev–Trinajstić information content (AvgIpc) is 2.79. The molecule has 0 radical (unpaired) electrons. The van der Waals surface area contributed by atoms with Gasteiger partial charge in [-0.3, -0.25) is 0 Å². The molecule has 0 saturated carbocycles. The quantitative estimate of drug-likeness (QED) is 0.857. The van der Waals surface area contributed by atoms with E-state index in [0.717, 1.165) is 24.8 Å². The van der Waals surface area contributed by atoms with E-state index in [9.17, 15) is 0 Å². The summed E-state index contributed by atoms with van der Waals surface area (Å²) in [4.78, 5) is 8.85. The highest BCUT2D eigenvalue weighted by atomic mass is 32.1. The molecule has 1 aliphatic carbocycles. The van der Waals surface area contributed by atoms with Crippen LogP contribution in [0.2, 0.25) is 0 Å². The molecule has 1 saturated heterocycles. The lowest BCUT2D eigenvalue weighted by atomic mass is 9.86. The lowest BCUT2D eigenvalue weighted by Gasteiger charge is -2.41. The zero-order valence-corrected chi connectivity index (χ0v) is 13.0. The van der Waals surface area contributed by atoms with Crippen molar-refractivity contribution in [1.29, 1.82) is 0 Å². The Morgan fingerprint density at radius 2 is 2.11 bits per heavy atom. The van der Waals surface area contributed by atoms with Gasteiger partial charge in [-0.05, 0) is 44.4 Å². The van der Waals surface area contributed by atoms with Gasteiger partial charge >= 0.3 is 0 Å². The fourth-order valence-electron chi connectivity index (χ4n) is 3.53. The number of nitrogens with zero attached hydrogens (tertiary/aromatic N) is 2. The predicted octanol–water partition coefficient (Wildman–Crippen LogP) is 3.35. The Kier molecular flexibility index (Phi) is 3.56. The molecule has 0 aromatic carbocycles. The summed E-state index contributed by atoms with van der Waals surface area (Å²) in [6.45, 7) is 8.21. The van der Waals surface area contributed by atoms with Gasteiger partial charge in [0, 0.05) is 23.5 Å². The maximum absolute atomic E-state index is 6.20. The highest BCUT2D eigenvalue weighted by Gasteiger charge is 2.32. The standard InChI is InChI=1S/C15H25N3S/c1-9-7-10(2)11(3)18(8-9)15-17-14-12(16)5-4-6-13(14)19-15/h9-12H,4-8,16H2,1-3H3. The first-order chi connectivity index (χ1) is 9.06. The third-order valence-corrected chi connectivity index (χ3v) is 6.00. The zero-order valence-electron chi connectivity index (χ0n) is 12.2. The molecule has 0 spiro atoms. The SMILES string of the molecule is CC1CC(C)C(C)N(c2nc3c(s2)CCCC3N)C1. The lowest BCUT2D eigenvalue weighted by Crippen LogP contribution is -2.45. The zero-order chi connectivity index (χ0) is 13.6. The summed E-state index contributed by atoms with van der Waals surface area (Å²) in [7, 11) is 0. The number of rotatable bonds is 1. The first-order valence-corrected chi connectivity index (χ1v) is 8.39. The molecule has 3 rings (SSSR count). The van der Waals surface area contributed by atoms with Gasteiger partial charge in [0.1, 0.15) is 0 Å². The van der Waals surface area contributed by atoms with Crippen LogP contribution in [0.3, 0.4) is 0 Å². The largest absolute Gasteiger partial charge is 0.345 e. The molecule has 106 valence electrons. The Hall–Kier alpha value is -0.610. The number of thiazole rings is 1. The first kappa shape index (κ1) is 13.4. The molecule has 19 heavy (non-hydrogen) atoms. The van der Waals surface area contributed by atoms with E-state index in [2.05, 4.69) is 25.7 Å². The van der Waals surface area contributed by atoms with Crippen LogP contribution in [-0.2, 0) is 6.42 Å². The number of fused-ring (bicyclic) bond motifs is 1. The van der Waals surface area contributed by atoms with Gasteiger partial charge in [0.25, 0.3) is 0 Å². The molecule has 0 amide bonds. The number of aromatic nitrogens is 1. The number of hydrogen-bond donors (Lipinski definition) is 1. The molecule has 4 atom stereocenters. The van der Waals surface area contributed by atoms with E-state index in [-0.39, 0.29) is 6.04 Å². The van der Waals surface area contributed by atoms with Gasteiger partial charge in [0.05, 0.1) is 5.69 Å². The highest BCUT2D eigenvalue weighted by molar-refractivity contribution is 7.15. The maximum Gasteiger partial charge on any atom is 0.186 e. The van der Waals surface area contributed by atoms with E-state index in [1.807, 2.05) is 11.3 Å². The minimum Gasteiger partial charge on any atom is -0.345 e. The summed E-state index contributed by atoms with van der Waals surface area (Å²) >= 11 is 1.89. The van der Waals surface area contributed by atoms with Crippen LogP contribution in [0.25, 0.3) is 0 Å². The molecular weight excluding hydrogens is 254 g/mol. The summed E-state index contributed by atoms with van der Waals surface area (Å²) in [6, 6.07) is 0.767. The van der Waals surface area contributed by atoms with Crippen molar-refractivity contribution in [2.75, 3.05) is 11.4 Å². The minimum atomic E-state index is 0.170. The van der Waals surface area contributed by atoms with Crippen molar-refractivity contribution in [1.82, 2.24) is 4.98 Å². The Morgan fingerprint density at radius 1 is 1.32 bits per heavy atom. The van der Waals surface area contributed by atoms with Gasteiger partial charge in [-0.25, -0.2) is 4.98 Å². The summed E-state index contributed by atoms with van der Waals surface area (Å²) in [5, 5.41) is 1.22. The van der Waals surface area contributed by atoms with E-state index in [1.54, 1.807) is 0 Å². The normalized spacial score (nSPS) is 35.3. The van der Waals surface area contributed by atoms with Crippen LogP contribution < -0.4 is 10.6 Å². The van der Waals surface area contributed by atoms with Gasteiger partial charge in [-0.1, -0.05) is 13.8 Å². The van der Waals surface area contributed by atoms with Crippen molar-refractivity contribution in [3.05, 3.63) is 10.6 Å². The van der Waals surface area contributed by atoms with Crippen molar-refractivity contribution in [3.63, 3.8) is 0 Å². The first-order valence-electron chi connectivity index (χ1n) is 7.58. The molecule has 1 fully saturated rings. The third kappa shape index (κ3) is 2.40. The summed E-state index contributed by atoms with van der Waals surface area (Å²) < 4.78 is 0. The topological polar surface area (TPSA) is 42.2 Å². The van der Waals surface area contributed by atoms with Crippen molar-refractivity contribution in [2.24, 2.45) is 17.6 Å². The Morgan fingerprint density at radius 3 is 2.84 bits per heavy atom. The Labute approximate surface area is 120 Å². The average molecular weight is 279 g/mol. The molecule has 2 N–H and O–H groups in total. The monoisotopic (exact) mass is 279 g/mol. The third-order valence-electron chi connectivity index (χ3n) is 4.83. The van der Waals surface area contributed by atoms with Gasteiger partial charge in [-0.2, -0.15) is 0 Å². The minimum absolute atomic E-state index is 0.170. The molecule has 0 bridgehead atoms. The summed E-state index contributed by atoms with van der Waals surface area (Å²) in [5.41, 5.74) is 7.39. The summed E-state index contributed by atoms with van der Waals surface area (Å²) in [5.74, 6) is 1.51. The molecule has 4 heteroatoms. The van der Waals surface area contributed by atoms with Crippen LogP contribution in [0, 0.1) is 11.8 Å². The number of hydrogen-bond acceptors (Lipinski definition) is 4. The van der Waals surface area contributed by atoms with Crippen LogP contribution in [-0.4, -0.2) is 17.6 Å². The molecule has 3 nitrogen and oxygen atoms in total. The fraction of sp³-hybridized carbons (Fsp3) is 0.800. The van der Waals surface area contributed by atoms with E-state index in [0.29, 0.717) is 6.04 Å². The number of anilines is 1.